The molecule has 0 spiro atoms. The van der Waals surface area contributed by atoms with Crippen LogP contribution in [0.4, 0.5) is 0 Å². The molecular weight excluding hydrogens is 731 g/mol. The highest BCUT2D eigenvalue weighted by molar-refractivity contribution is 5.87. The van der Waals surface area contributed by atoms with E-state index in [0.717, 1.165) is 96.3 Å². The van der Waals surface area contributed by atoms with Crippen molar-refractivity contribution in [2.75, 3.05) is 26.3 Å². The molecule has 340 valence electrons. The molecule has 11 heteroatoms. The van der Waals surface area contributed by atoms with Crippen LogP contribution in [-0.2, 0) is 28.7 Å². The van der Waals surface area contributed by atoms with Crippen molar-refractivity contribution in [3.05, 3.63) is 0 Å². The van der Waals surface area contributed by atoms with E-state index in [1.54, 1.807) is 0 Å². The molecule has 0 aromatic carbocycles. The number of nitrogens with two attached hydrogens (primary N) is 2. The van der Waals surface area contributed by atoms with E-state index in [1.165, 1.54) is 83.5 Å². The van der Waals surface area contributed by atoms with E-state index in [2.05, 4.69) is 43.3 Å². The maximum absolute atomic E-state index is 13.1. The van der Waals surface area contributed by atoms with Crippen molar-refractivity contribution in [1.82, 2.24) is 10.6 Å². The molecule has 0 aliphatic carbocycles. The molecule has 0 fully saturated rings. The Morgan fingerprint density at radius 1 is 0.500 bits per heavy atom. The molecule has 0 aromatic heterocycles. The van der Waals surface area contributed by atoms with Gasteiger partial charge in [-0.2, -0.15) is 0 Å². The van der Waals surface area contributed by atoms with E-state index < -0.39 is 6.04 Å². The van der Waals surface area contributed by atoms with Crippen molar-refractivity contribution in [3.63, 3.8) is 0 Å². The van der Waals surface area contributed by atoms with Gasteiger partial charge in [-0.25, -0.2) is 0 Å². The van der Waals surface area contributed by atoms with Crippen LogP contribution in [0.25, 0.3) is 0 Å². The van der Waals surface area contributed by atoms with Crippen LogP contribution in [-0.4, -0.2) is 62.1 Å². The van der Waals surface area contributed by atoms with Gasteiger partial charge in [0.15, 0.2) is 5.96 Å². The number of carbonyl (C=O) groups excluding carboxylic acids is 4. The molecule has 0 radical (unpaired) electrons. The molecule has 0 bridgehead atoms. The number of hydrogen-bond acceptors (Lipinski definition) is 7. The van der Waals surface area contributed by atoms with Gasteiger partial charge in [0.2, 0.25) is 11.8 Å². The van der Waals surface area contributed by atoms with Gasteiger partial charge in [-0.05, 0) is 57.8 Å². The molecule has 0 saturated carbocycles. The fraction of sp³-hybridized carbons (Fsp3) is 0.894. The summed E-state index contributed by atoms with van der Waals surface area (Å²) in [6.07, 6.45) is 31.4. The van der Waals surface area contributed by atoms with Gasteiger partial charge >= 0.3 is 11.9 Å². The molecule has 2 amide bonds. The third-order valence-corrected chi connectivity index (χ3v) is 11.1. The summed E-state index contributed by atoms with van der Waals surface area (Å²) in [6.45, 7) is 10.1. The standard InChI is InChI=1S/C47H91N5O6/c1-5-9-13-17-19-25-32-40(30-23-15-11-7-3)45(55)57-38-28-22-21-27-36-50-44(54)42(35-37-51-47(48)49)52-43(53)34-29-39-58-46(56)41(31-24-16-12-8-4)33-26-20-18-14-10-6-2/h40-42H,5-39H2,1-4H3,(H,50,54)(H,52,53)(H4,48,49,51)/t40?,41?,42-/m0/s1. The Balaban J connectivity index is 4.66. The first kappa shape index (κ1) is 55.2. The zero-order chi connectivity index (χ0) is 42.9. The van der Waals surface area contributed by atoms with Crippen LogP contribution in [0.15, 0.2) is 4.99 Å². The summed E-state index contributed by atoms with van der Waals surface area (Å²) in [4.78, 5) is 55.9. The highest BCUT2D eigenvalue weighted by Crippen LogP contribution is 2.22. The zero-order valence-electron chi connectivity index (χ0n) is 38.0. The average Bonchev–Trinajstić information content (AvgIpc) is 3.20. The Morgan fingerprint density at radius 2 is 0.897 bits per heavy atom. The number of nitrogens with zero attached hydrogens (tertiary/aromatic N) is 1. The van der Waals surface area contributed by atoms with Gasteiger partial charge in [-0.3, -0.25) is 24.2 Å². The normalized spacial score (nSPS) is 12.7. The summed E-state index contributed by atoms with van der Waals surface area (Å²) < 4.78 is 11.4. The molecule has 0 aliphatic heterocycles. The summed E-state index contributed by atoms with van der Waals surface area (Å²) in [7, 11) is 0. The Kier molecular flexibility index (Phi) is 38.9. The van der Waals surface area contributed by atoms with E-state index in [0.29, 0.717) is 19.6 Å². The molecule has 58 heavy (non-hydrogen) atoms. The molecule has 0 saturated heterocycles. The Hall–Kier alpha value is -2.85. The quantitative estimate of drug-likeness (QED) is 0.0204. The molecule has 0 aliphatic rings. The molecule has 0 aromatic rings. The van der Waals surface area contributed by atoms with Crippen LogP contribution >= 0.6 is 0 Å². The lowest BCUT2D eigenvalue weighted by Gasteiger charge is -2.18. The topological polar surface area (TPSA) is 175 Å². The number of carbonyl (C=O) groups is 4. The van der Waals surface area contributed by atoms with Crippen molar-refractivity contribution in [3.8, 4) is 0 Å². The van der Waals surface area contributed by atoms with E-state index in [4.69, 9.17) is 20.9 Å². The van der Waals surface area contributed by atoms with Crippen molar-refractivity contribution in [2.45, 2.75) is 233 Å². The second-order valence-corrected chi connectivity index (χ2v) is 16.6. The van der Waals surface area contributed by atoms with E-state index in [1.807, 2.05) is 0 Å². The van der Waals surface area contributed by atoms with Gasteiger partial charge in [0.05, 0.1) is 25.0 Å². The largest absolute Gasteiger partial charge is 0.465 e. The fourth-order valence-electron chi connectivity index (χ4n) is 7.32. The van der Waals surface area contributed by atoms with Crippen LogP contribution in [0.2, 0.25) is 0 Å². The summed E-state index contributed by atoms with van der Waals surface area (Å²) >= 11 is 0. The van der Waals surface area contributed by atoms with E-state index >= 15 is 0 Å². The summed E-state index contributed by atoms with van der Waals surface area (Å²) in [5, 5.41) is 5.78. The Bertz CT molecular complexity index is 1040. The predicted octanol–water partition coefficient (Wildman–Crippen LogP) is 10.4. The van der Waals surface area contributed by atoms with Crippen LogP contribution < -0.4 is 22.1 Å². The van der Waals surface area contributed by atoms with E-state index in [9.17, 15) is 19.2 Å². The number of ether oxygens (including phenoxy) is 2. The number of hydrogen-bond donors (Lipinski definition) is 4. The average molecular weight is 822 g/mol. The fourth-order valence-corrected chi connectivity index (χ4v) is 7.32. The van der Waals surface area contributed by atoms with Crippen LogP contribution in [0.3, 0.4) is 0 Å². The minimum atomic E-state index is -0.784. The SMILES string of the molecule is CCCCCCCCC(CCCCCC)C(=O)OCCCCCCNC(=O)[C@H](CCN=C(N)N)NC(=O)CCCOC(=O)C(CCCCCC)CCCCCCCC. The van der Waals surface area contributed by atoms with Crippen molar-refractivity contribution in [2.24, 2.45) is 28.3 Å². The lowest BCUT2D eigenvalue weighted by molar-refractivity contribution is -0.150. The smallest absolute Gasteiger partial charge is 0.308 e. The van der Waals surface area contributed by atoms with Crippen molar-refractivity contribution in [1.29, 1.82) is 0 Å². The minimum absolute atomic E-state index is 0.0124. The van der Waals surface area contributed by atoms with Gasteiger partial charge in [0.25, 0.3) is 0 Å². The molecule has 0 heterocycles. The van der Waals surface area contributed by atoms with Gasteiger partial charge in [0, 0.05) is 19.5 Å². The van der Waals surface area contributed by atoms with Crippen molar-refractivity contribution >= 4 is 29.7 Å². The highest BCUT2D eigenvalue weighted by atomic mass is 16.5. The first-order chi connectivity index (χ1) is 28.2. The number of nitrogens with one attached hydrogen (secondary N) is 2. The maximum Gasteiger partial charge on any atom is 0.308 e. The van der Waals surface area contributed by atoms with Crippen LogP contribution in [0.1, 0.15) is 227 Å². The minimum Gasteiger partial charge on any atom is -0.465 e. The highest BCUT2D eigenvalue weighted by Gasteiger charge is 2.22. The van der Waals surface area contributed by atoms with Gasteiger partial charge in [-0.15, -0.1) is 0 Å². The Labute approximate surface area is 355 Å². The molecule has 3 atom stereocenters. The van der Waals surface area contributed by atoms with Gasteiger partial charge in [-0.1, -0.05) is 163 Å². The van der Waals surface area contributed by atoms with Gasteiger partial charge in [0.1, 0.15) is 6.04 Å². The van der Waals surface area contributed by atoms with Gasteiger partial charge < -0.3 is 31.6 Å². The number of rotatable bonds is 42. The number of amides is 2. The summed E-state index contributed by atoms with van der Waals surface area (Å²) in [6, 6.07) is -0.784. The van der Waals surface area contributed by atoms with E-state index in [-0.39, 0.29) is 67.5 Å². The molecule has 6 N–H and O–H groups in total. The van der Waals surface area contributed by atoms with Crippen LogP contribution in [0, 0.1) is 11.8 Å². The molecule has 11 nitrogen and oxygen atoms in total. The maximum atomic E-state index is 13.1. The number of esters is 2. The number of unbranched alkanes of at least 4 members (excludes halogenated alkanes) is 19. The first-order valence-corrected chi connectivity index (χ1v) is 24.2. The molecule has 2 unspecified atom stereocenters. The second-order valence-electron chi connectivity index (χ2n) is 16.6. The molecular formula is C47H91N5O6. The lowest BCUT2D eigenvalue weighted by Crippen LogP contribution is -2.47. The van der Waals surface area contributed by atoms with Crippen molar-refractivity contribution < 1.29 is 28.7 Å². The lowest BCUT2D eigenvalue weighted by atomic mass is 9.94. The first-order valence-electron chi connectivity index (χ1n) is 24.2. The zero-order valence-corrected chi connectivity index (χ0v) is 38.0. The summed E-state index contributed by atoms with van der Waals surface area (Å²) in [5.41, 5.74) is 11.0. The third-order valence-electron chi connectivity index (χ3n) is 11.1. The third kappa shape index (κ3) is 34.1. The summed E-state index contributed by atoms with van der Waals surface area (Å²) in [5.74, 6) is -0.893. The number of aliphatic imine (C=N–C) groups is 1. The van der Waals surface area contributed by atoms with Crippen LogP contribution in [0.5, 0.6) is 0 Å². The predicted molar refractivity (Wildman–Crippen MR) is 240 cm³/mol. The number of guanidine groups is 1. The monoisotopic (exact) mass is 822 g/mol. The molecule has 0 rings (SSSR count). The second kappa shape index (κ2) is 40.9. The Morgan fingerprint density at radius 3 is 1.36 bits per heavy atom.